The highest BCUT2D eigenvalue weighted by Gasteiger charge is 2.24. The number of tetrazole rings is 1. The molecule has 0 bridgehead atoms. The number of hydrogen-bond donors (Lipinski definition) is 1. The number of nitrogens with zero attached hydrogens (tertiary/aromatic N) is 4. The van der Waals surface area contributed by atoms with Gasteiger partial charge in [0.25, 0.3) is 0 Å². The van der Waals surface area contributed by atoms with E-state index in [0.29, 0.717) is 5.70 Å². The number of ether oxygens (including phenoxy) is 1. The van der Waals surface area contributed by atoms with Crippen molar-refractivity contribution in [2.24, 2.45) is 0 Å². The quantitative estimate of drug-likeness (QED) is 0.684. The van der Waals surface area contributed by atoms with E-state index >= 15 is 0 Å². The Morgan fingerprint density at radius 1 is 1.20 bits per heavy atom. The largest absolute Gasteiger partial charge is 0.479 e. The van der Waals surface area contributed by atoms with Crippen LogP contribution in [-0.4, -0.2) is 40.5 Å². The number of benzene rings is 1. The number of hydrogen-bond acceptors (Lipinski definition) is 5. The van der Waals surface area contributed by atoms with Crippen molar-refractivity contribution in [3.8, 4) is 0 Å². The molecule has 0 aliphatic carbocycles. The van der Waals surface area contributed by atoms with Crippen LogP contribution in [0, 0.1) is 0 Å². The first kappa shape index (κ1) is 14.3. The molecule has 0 spiro atoms. The summed E-state index contributed by atoms with van der Waals surface area (Å²) >= 11 is 0. The summed E-state index contributed by atoms with van der Waals surface area (Å²) in [7, 11) is -0.257. The molecule has 0 saturated carbocycles. The molecule has 1 aromatic carbocycles. The summed E-state index contributed by atoms with van der Waals surface area (Å²) in [5, 5.41) is 22.5. The Morgan fingerprint density at radius 2 is 1.85 bits per heavy atom. The SMILES string of the molecule is CO/C(O)=C(\c1ccccc1)n1nnc([Si](C)(C)C)n1. The van der Waals surface area contributed by atoms with E-state index in [4.69, 9.17) is 4.74 Å². The van der Waals surface area contributed by atoms with Crippen molar-refractivity contribution in [3.05, 3.63) is 41.8 Å². The molecule has 2 rings (SSSR count). The number of aliphatic hydroxyl groups excluding tert-OH is 1. The highest BCUT2D eigenvalue weighted by Crippen LogP contribution is 2.18. The Balaban J connectivity index is 2.52. The van der Waals surface area contributed by atoms with E-state index in [0.717, 1.165) is 11.0 Å². The molecule has 1 N–H and O–H groups in total. The molecular weight excluding hydrogens is 272 g/mol. The molecule has 2 aromatic rings. The van der Waals surface area contributed by atoms with Crippen molar-refractivity contribution in [1.29, 1.82) is 0 Å². The Bertz CT molecular complexity index is 617. The Labute approximate surface area is 118 Å². The second-order valence-electron chi connectivity index (χ2n) is 5.38. The maximum Gasteiger partial charge on any atom is 0.306 e. The normalized spacial score (nSPS) is 13.0. The fraction of sp³-hybridized carbons (Fsp3) is 0.308. The van der Waals surface area contributed by atoms with Gasteiger partial charge in [0.1, 0.15) is 8.07 Å². The van der Waals surface area contributed by atoms with Crippen molar-refractivity contribution in [1.82, 2.24) is 20.2 Å². The molecule has 0 amide bonds. The van der Waals surface area contributed by atoms with Crippen LogP contribution < -0.4 is 5.45 Å². The van der Waals surface area contributed by atoms with E-state index in [1.54, 1.807) is 0 Å². The zero-order valence-corrected chi connectivity index (χ0v) is 13.0. The van der Waals surface area contributed by atoms with E-state index in [2.05, 4.69) is 35.1 Å². The monoisotopic (exact) mass is 290 g/mol. The van der Waals surface area contributed by atoms with Gasteiger partial charge in [-0.25, -0.2) is 0 Å². The Morgan fingerprint density at radius 3 is 2.35 bits per heavy atom. The van der Waals surface area contributed by atoms with E-state index < -0.39 is 8.07 Å². The minimum absolute atomic E-state index is 0.240. The van der Waals surface area contributed by atoms with Crippen LogP contribution in [0.5, 0.6) is 0 Å². The third kappa shape index (κ3) is 2.88. The van der Waals surface area contributed by atoms with Gasteiger partial charge in [0.2, 0.25) is 0 Å². The highest BCUT2D eigenvalue weighted by atomic mass is 28.3. The zero-order valence-electron chi connectivity index (χ0n) is 12.0. The van der Waals surface area contributed by atoms with Crippen LogP contribution in [0.25, 0.3) is 5.70 Å². The third-order valence-electron chi connectivity index (χ3n) is 2.73. The number of aromatic nitrogens is 4. The molecule has 20 heavy (non-hydrogen) atoms. The predicted octanol–water partition coefficient (Wildman–Crippen LogP) is 1.60. The van der Waals surface area contributed by atoms with Gasteiger partial charge < -0.3 is 9.84 Å². The summed E-state index contributed by atoms with van der Waals surface area (Å²) < 4.78 is 4.93. The summed E-state index contributed by atoms with van der Waals surface area (Å²) in [5.41, 5.74) is 1.87. The molecule has 0 fully saturated rings. The molecule has 6 nitrogen and oxygen atoms in total. The molecular formula is C13H18N4O2Si. The van der Waals surface area contributed by atoms with Gasteiger partial charge in [0.05, 0.1) is 7.11 Å². The van der Waals surface area contributed by atoms with Crippen molar-refractivity contribution in [3.63, 3.8) is 0 Å². The lowest BCUT2D eigenvalue weighted by atomic mass is 10.2. The molecule has 7 heteroatoms. The fourth-order valence-electron chi connectivity index (χ4n) is 1.63. The summed E-state index contributed by atoms with van der Waals surface area (Å²) in [4.78, 5) is 1.32. The van der Waals surface area contributed by atoms with Gasteiger partial charge in [-0.1, -0.05) is 50.0 Å². The third-order valence-corrected chi connectivity index (χ3v) is 4.27. The van der Waals surface area contributed by atoms with Crippen LogP contribution in [0.3, 0.4) is 0 Å². The molecule has 0 radical (unpaired) electrons. The number of aliphatic hydroxyl groups is 1. The maximum absolute atomic E-state index is 9.98. The summed E-state index contributed by atoms with van der Waals surface area (Å²) in [6, 6.07) is 9.33. The zero-order chi connectivity index (χ0) is 14.8. The molecule has 1 heterocycles. The second kappa shape index (κ2) is 5.46. The van der Waals surface area contributed by atoms with Crippen molar-refractivity contribution in [2.45, 2.75) is 19.6 Å². The predicted molar refractivity (Wildman–Crippen MR) is 79.2 cm³/mol. The van der Waals surface area contributed by atoms with Gasteiger partial charge in [-0.2, -0.15) is 0 Å². The molecule has 0 aliphatic heterocycles. The van der Waals surface area contributed by atoms with E-state index in [9.17, 15) is 5.11 Å². The van der Waals surface area contributed by atoms with Crippen LogP contribution in [0.2, 0.25) is 19.6 Å². The van der Waals surface area contributed by atoms with Gasteiger partial charge in [0, 0.05) is 5.56 Å². The van der Waals surface area contributed by atoms with Gasteiger partial charge in [-0.3, -0.25) is 0 Å². The molecule has 0 unspecified atom stereocenters. The first-order valence-electron chi connectivity index (χ1n) is 6.27. The lowest BCUT2D eigenvalue weighted by Crippen LogP contribution is -2.41. The average molecular weight is 290 g/mol. The Hall–Kier alpha value is -2.15. The van der Waals surface area contributed by atoms with Crippen LogP contribution in [0.15, 0.2) is 36.3 Å². The fourth-order valence-corrected chi connectivity index (χ4v) is 2.37. The second-order valence-corrected chi connectivity index (χ2v) is 10.3. The highest BCUT2D eigenvalue weighted by molar-refractivity contribution is 6.87. The van der Waals surface area contributed by atoms with E-state index in [1.165, 1.54) is 11.9 Å². The summed E-state index contributed by atoms with van der Waals surface area (Å²) in [6.45, 7) is 6.41. The van der Waals surface area contributed by atoms with Crippen molar-refractivity contribution in [2.75, 3.05) is 7.11 Å². The van der Waals surface area contributed by atoms with Crippen LogP contribution >= 0.6 is 0 Å². The van der Waals surface area contributed by atoms with E-state index in [-0.39, 0.29) is 5.95 Å². The molecule has 0 saturated heterocycles. The minimum atomic E-state index is -1.65. The maximum atomic E-state index is 9.98. The van der Waals surface area contributed by atoms with Gasteiger partial charge >= 0.3 is 5.95 Å². The van der Waals surface area contributed by atoms with Crippen molar-refractivity contribution < 1.29 is 9.84 Å². The lowest BCUT2D eigenvalue weighted by Gasteiger charge is -2.10. The first-order valence-corrected chi connectivity index (χ1v) is 9.77. The lowest BCUT2D eigenvalue weighted by molar-refractivity contribution is 0.136. The van der Waals surface area contributed by atoms with Crippen LogP contribution in [-0.2, 0) is 4.74 Å². The summed E-state index contributed by atoms with van der Waals surface area (Å²) in [5.74, 6) is -0.240. The van der Waals surface area contributed by atoms with Crippen LogP contribution in [0.4, 0.5) is 0 Å². The Kier molecular flexibility index (Phi) is 3.89. The molecule has 0 atom stereocenters. The first-order chi connectivity index (χ1) is 9.43. The van der Waals surface area contributed by atoms with Crippen LogP contribution in [0.1, 0.15) is 5.56 Å². The van der Waals surface area contributed by atoms with Crippen molar-refractivity contribution >= 4 is 19.2 Å². The molecule has 1 aromatic heterocycles. The average Bonchev–Trinajstić information content (AvgIpc) is 2.89. The van der Waals surface area contributed by atoms with Gasteiger partial charge in [0.15, 0.2) is 11.1 Å². The summed E-state index contributed by atoms with van der Waals surface area (Å²) in [6.07, 6.45) is 0. The molecule has 106 valence electrons. The van der Waals surface area contributed by atoms with Gasteiger partial charge in [-0.15, -0.1) is 15.0 Å². The minimum Gasteiger partial charge on any atom is -0.479 e. The molecule has 0 aliphatic rings. The standard InChI is InChI=1S/C13H18N4O2Si/c1-19-12(18)11(10-8-6-5-7-9-10)17-15-13(14-16-17)20(2,3)4/h5-9,18H,1-4H3/b12-11+. The number of rotatable bonds is 4. The van der Waals surface area contributed by atoms with Gasteiger partial charge in [-0.05, 0) is 5.21 Å². The smallest absolute Gasteiger partial charge is 0.306 e. The number of methoxy groups -OCH3 is 1. The topological polar surface area (TPSA) is 73.1 Å². The van der Waals surface area contributed by atoms with E-state index in [1.807, 2.05) is 30.3 Å².